The van der Waals surface area contributed by atoms with Crippen molar-refractivity contribution in [1.82, 2.24) is 10.3 Å². The molecule has 1 aromatic rings. The maximum absolute atomic E-state index is 11.4. The Balaban J connectivity index is 2.69. The van der Waals surface area contributed by atoms with Gasteiger partial charge in [0, 0.05) is 4.88 Å². The fourth-order valence-corrected chi connectivity index (χ4v) is 1.86. The standard InChI is InChI=1S/C8H10N2O3S/c1-4-7(10-5(2)14-4)6(11)3-9-8(12)13/h9H,3H2,1-2H3,(H,12,13). The highest BCUT2D eigenvalue weighted by atomic mass is 32.1. The van der Waals surface area contributed by atoms with E-state index in [1.807, 2.05) is 5.32 Å². The van der Waals surface area contributed by atoms with Crippen LogP contribution in [0.4, 0.5) is 4.79 Å². The van der Waals surface area contributed by atoms with Crippen molar-refractivity contribution in [3.8, 4) is 0 Å². The SMILES string of the molecule is Cc1nc(C(=O)CNC(=O)O)c(C)s1. The molecule has 0 aliphatic heterocycles. The van der Waals surface area contributed by atoms with Crippen LogP contribution in [0.5, 0.6) is 0 Å². The van der Waals surface area contributed by atoms with Gasteiger partial charge in [0.1, 0.15) is 5.69 Å². The first-order valence-corrected chi connectivity index (χ1v) is 4.76. The van der Waals surface area contributed by atoms with Gasteiger partial charge < -0.3 is 10.4 Å². The third-order valence-electron chi connectivity index (χ3n) is 1.57. The number of nitrogens with one attached hydrogen (secondary N) is 1. The molecule has 2 N–H and O–H groups in total. The Morgan fingerprint density at radius 1 is 1.50 bits per heavy atom. The van der Waals surface area contributed by atoms with Gasteiger partial charge in [0.05, 0.1) is 11.6 Å². The van der Waals surface area contributed by atoms with Crippen molar-refractivity contribution in [2.45, 2.75) is 13.8 Å². The van der Waals surface area contributed by atoms with Crippen LogP contribution in [0.25, 0.3) is 0 Å². The van der Waals surface area contributed by atoms with Gasteiger partial charge in [0.15, 0.2) is 0 Å². The zero-order valence-corrected chi connectivity index (χ0v) is 8.64. The summed E-state index contributed by atoms with van der Waals surface area (Å²) in [6, 6.07) is 0. The lowest BCUT2D eigenvalue weighted by molar-refractivity contribution is 0.0982. The number of rotatable bonds is 3. The molecule has 0 radical (unpaired) electrons. The summed E-state index contributed by atoms with van der Waals surface area (Å²) in [5, 5.41) is 11.1. The van der Waals surface area contributed by atoms with Crippen LogP contribution in [-0.4, -0.2) is 28.5 Å². The normalized spacial score (nSPS) is 9.86. The molecular formula is C8H10N2O3S. The van der Waals surface area contributed by atoms with Crippen LogP contribution in [0.15, 0.2) is 0 Å². The number of aryl methyl sites for hydroxylation is 2. The number of thiazole rings is 1. The van der Waals surface area contributed by atoms with Gasteiger partial charge in [-0.05, 0) is 13.8 Å². The maximum Gasteiger partial charge on any atom is 0.405 e. The van der Waals surface area contributed by atoms with E-state index in [0.717, 1.165) is 9.88 Å². The molecule has 0 fully saturated rings. The smallest absolute Gasteiger partial charge is 0.405 e. The molecule has 0 spiro atoms. The van der Waals surface area contributed by atoms with Gasteiger partial charge in [-0.25, -0.2) is 9.78 Å². The lowest BCUT2D eigenvalue weighted by Gasteiger charge is -1.97. The average molecular weight is 214 g/mol. The van der Waals surface area contributed by atoms with Gasteiger partial charge in [-0.15, -0.1) is 11.3 Å². The minimum atomic E-state index is -1.21. The summed E-state index contributed by atoms with van der Waals surface area (Å²) in [4.78, 5) is 26.4. The molecule has 14 heavy (non-hydrogen) atoms. The van der Waals surface area contributed by atoms with E-state index in [2.05, 4.69) is 4.98 Å². The molecule has 0 unspecified atom stereocenters. The van der Waals surface area contributed by atoms with Crippen molar-refractivity contribution in [3.05, 3.63) is 15.6 Å². The molecule has 0 saturated carbocycles. The largest absolute Gasteiger partial charge is 0.465 e. The molecule has 1 heterocycles. The van der Waals surface area contributed by atoms with Crippen molar-refractivity contribution in [2.75, 3.05) is 6.54 Å². The number of carbonyl (C=O) groups is 2. The van der Waals surface area contributed by atoms with Crippen LogP contribution in [0.1, 0.15) is 20.4 Å². The van der Waals surface area contributed by atoms with Crippen LogP contribution < -0.4 is 5.32 Å². The Bertz CT molecular complexity index is 373. The number of hydrogen-bond donors (Lipinski definition) is 2. The first-order chi connectivity index (χ1) is 6.50. The van der Waals surface area contributed by atoms with Crippen molar-refractivity contribution in [2.24, 2.45) is 0 Å². The van der Waals surface area contributed by atoms with E-state index in [-0.39, 0.29) is 12.3 Å². The molecule has 1 rings (SSSR count). The number of carboxylic acid groups (broad SMARTS) is 1. The molecule has 1 amide bonds. The van der Waals surface area contributed by atoms with E-state index in [1.54, 1.807) is 13.8 Å². The number of amides is 1. The minimum Gasteiger partial charge on any atom is -0.465 e. The summed E-state index contributed by atoms with van der Waals surface area (Å²) in [5.74, 6) is -0.297. The van der Waals surface area contributed by atoms with Crippen LogP contribution in [0.2, 0.25) is 0 Å². The van der Waals surface area contributed by atoms with Crippen LogP contribution in [-0.2, 0) is 0 Å². The van der Waals surface area contributed by atoms with E-state index in [1.165, 1.54) is 11.3 Å². The fourth-order valence-electron chi connectivity index (χ4n) is 1.03. The third kappa shape index (κ3) is 2.53. The summed E-state index contributed by atoms with van der Waals surface area (Å²) in [6.07, 6.45) is -1.21. The van der Waals surface area contributed by atoms with Crippen LogP contribution in [0, 0.1) is 13.8 Å². The van der Waals surface area contributed by atoms with Crippen molar-refractivity contribution >= 4 is 23.2 Å². The van der Waals surface area contributed by atoms with Crippen molar-refractivity contribution in [3.63, 3.8) is 0 Å². The first-order valence-electron chi connectivity index (χ1n) is 3.94. The van der Waals surface area contributed by atoms with E-state index >= 15 is 0 Å². The number of ketones is 1. The average Bonchev–Trinajstić information content (AvgIpc) is 2.41. The molecule has 76 valence electrons. The van der Waals surface area contributed by atoms with Gasteiger partial charge in [0.25, 0.3) is 0 Å². The van der Waals surface area contributed by atoms with Gasteiger partial charge in [0.2, 0.25) is 5.78 Å². The zero-order chi connectivity index (χ0) is 10.7. The summed E-state index contributed by atoms with van der Waals surface area (Å²) < 4.78 is 0. The Labute approximate surface area is 84.8 Å². The summed E-state index contributed by atoms with van der Waals surface area (Å²) >= 11 is 1.42. The summed E-state index contributed by atoms with van der Waals surface area (Å²) in [7, 11) is 0. The highest BCUT2D eigenvalue weighted by molar-refractivity contribution is 7.11. The van der Waals surface area contributed by atoms with Crippen LogP contribution in [0.3, 0.4) is 0 Å². The monoisotopic (exact) mass is 214 g/mol. The van der Waals surface area contributed by atoms with E-state index < -0.39 is 6.09 Å². The molecule has 6 heteroatoms. The molecular weight excluding hydrogens is 204 g/mol. The number of carbonyl (C=O) groups excluding carboxylic acids is 1. The highest BCUT2D eigenvalue weighted by Gasteiger charge is 2.14. The lowest BCUT2D eigenvalue weighted by Crippen LogP contribution is -2.28. The minimum absolute atomic E-state index is 0.223. The number of nitrogens with zero attached hydrogens (tertiary/aromatic N) is 1. The van der Waals surface area contributed by atoms with E-state index in [9.17, 15) is 9.59 Å². The molecule has 0 aliphatic rings. The predicted molar refractivity (Wildman–Crippen MR) is 51.9 cm³/mol. The Kier molecular flexibility index (Phi) is 3.19. The quantitative estimate of drug-likeness (QED) is 0.741. The molecule has 1 aromatic heterocycles. The Morgan fingerprint density at radius 3 is 2.57 bits per heavy atom. The second-order valence-corrected chi connectivity index (χ2v) is 4.13. The second-order valence-electron chi connectivity index (χ2n) is 2.72. The highest BCUT2D eigenvalue weighted by Crippen LogP contribution is 2.16. The first kappa shape index (κ1) is 10.6. The van der Waals surface area contributed by atoms with Gasteiger partial charge in [-0.1, -0.05) is 0 Å². The zero-order valence-electron chi connectivity index (χ0n) is 7.83. The van der Waals surface area contributed by atoms with Crippen LogP contribution >= 0.6 is 11.3 Å². The lowest BCUT2D eigenvalue weighted by atomic mass is 10.2. The van der Waals surface area contributed by atoms with Gasteiger partial charge in [-0.3, -0.25) is 4.79 Å². The van der Waals surface area contributed by atoms with Gasteiger partial charge in [-0.2, -0.15) is 0 Å². The van der Waals surface area contributed by atoms with Gasteiger partial charge >= 0.3 is 6.09 Å². The molecule has 5 nitrogen and oxygen atoms in total. The number of hydrogen-bond acceptors (Lipinski definition) is 4. The second kappa shape index (κ2) is 4.19. The number of aromatic nitrogens is 1. The van der Waals surface area contributed by atoms with Crippen molar-refractivity contribution in [1.29, 1.82) is 0 Å². The molecule has 0 aromatic carbocycles. The third-order valence-corrected chi connectivity index (χ3v) is 2.45. The Morgan fingerprint density at radius 2 is 2.14 bits per heavy atom. The van der Waals surface area contributed by atoms with E-state index in [0.29, 0.717) is 5.69 Å². The fraction of sp³-hybridized carbons (Fsp3) is 0.375. The predicted octanol–water partition coefficient (Wildman–Crippen LogP) is 1.21. The molecule has 0 aliphatic carbocycles. The topological polar surface area (TPSA) is 79.3 Å². The summed E-state index contributed by atoms with van der Waals surface area (Å²) in [5.41, 5.74) is 0.362. The molecule has 0 saturated heterocycles. The number of Topliss-reactive ketones (excluding diaryl/α,β-unsaturated/α-hetero) is 1. The molecule has 0 atom stereocenters. The Hall–Kier alpha value is -1.43. The molecule has 0 bridgehead atoms. The maximum atomic E-state index is 11.4. The van der Waals surface area contributed by atoms with Crippen molar-refractivity contribution < 1.29 is 14.7 Å². The summed E-state index contributed by atoms with van der Waals surface area (Å²) in [6.45, 7) is 3.37. The van der Waals surface area contributed by atoms with E-state index in [4.69, 9.17) is 5.11 Å².